The van der Waals surface area contributed by atoms with E-state index in [2.05, 4.69) is 15.3 Å². The Balaban J connectivity index is 1.69. The van der Waals surface area contributed by atoms with Crippen LogP contribution in [-0.2, 0) is 5.54 Å². The van der Waals surface area contributed by atoms with Crippen molar-refractivity contribution in [3.63, 3.8) is 0 Å². The quantitative estimate of drug-likeness (QED) is 0.693. The third-order valence-corrected chi connectivity index (χ3v) is 6.81. The van der Waals surface area contributed by atoms with E-state index in [0.29, 0.717) is 12.1 Å². The molecule has 2 aromatic rings. The number of amidine groups is 1. The van der Waals surface area contributed by atoms with Crippen molar-refractivity contribution in [3.8, 4) is 0 Å². The second-order valence-electron chi connectivity index (χ2n) is 7.46. The van der Waals surface area contributed by atoms with Gasteiger partial charge in [-0.3, -0.25) is 9.78 Å². The first kappa shape index (κ1) is 19.8. The van der Waals surface area contributed by atoms with Crippen LogP contribution < -0.4 is 11.1 Å². The molecule has 1 aliphatic heterocycles. The van der Waals surface area contributed by atoms with Crippen LogP contribution in [0.5, 0.6) is 0 Å². The smallest absolute Gasteiger partial charge is 0.274 e. The summed E-state index contributed by atoms with van der Waals surface area (Å²) < 4.78 is 28.5. The van der Waals surface area contributed by atoms with Crippen LogP contribution in [0.1, 0.15) is 28.0 Å². The summed E-state index contributed by atoms with van der Waals surface area (Å²) in [5, 5.41) is 12.5. The van der Waals surface area contributed by atoms with Crippen LogP contribution in [0, 0.1) is 18.7 Å². The highest BCUT2D eigenvalue weighted by molar-refractivity contribution is 8.15. The topological polar surface area (TPSA) is 101 Å². The van der Waals surface area contributed by atoms with Crippen LogP contribution in [0.2, 0.25) is 0 Å². The Morgan fingerprint density at radius 1 is 1.41 bits per heavy atom. The van der Waals surface area contributed by atoms with Gasteiger partial charge in [0, 0.05) is 23.4 Å². The normalized spacial score (nSPS) is 27.7. The van der Waals surface area contributed by atoms with Crippen LogP contribution in [0.15, 0.2) is 41.5 Å². The van der Waals surface area contributed by atoms with Crippen molar-refractivity contribution in [2.45, 2.75) is 23.6 Å². The molecule has 6 nitrogen and oxygen atoms in total. The molecule has 1 aromatic carbocycles. The number of aliphatic hydroxyl groups is 1. The molecule has 2 heterocycles. The van der Waals surface area contributed by atoms with E-state index in [0.717, 1.165) is 5.56 Å². The van der Waals surface area contributed by atoms with Crippen LogP contribution in [0.3, 0.4) is 0 Å². The maximum Gasteiger partial charge on any atom is 0.274 e. The average Bonchev–Trinajstić information content (AvgIpc) is 3.44. The molecule has 9 heteroatoms. The summed E-state index contributed by atoms with van der Waals surface area (Å²) in [5.74, 6) is -1.49. The van der Waals surface area contributed by atoms with Gasteiger partial charge in [-0.2, -0.15) is 0 Å². The lowest BCUT2D eigenvalue weighted by Gasteiger charge is -2.34. The minimum Gasteiger partial charge on any atom is -0.395 e. The number of nitrogens with zero attached hydrogens (tertiary/aromatic N) is 2. The molecule has 0 unspecified atom stereocenters. The molecular formula is C20H20F2N4O2S. The van der Waals surface area contributed by atoms with E-state index in [1.54, 1.807) is 18.3 Å². The predicted octanol–water partition coefficient (Wildman–Crippen LogP) is 2.76. The number of pyridine rings is 1. The van der Waals surface area contributed by atoms with Crippen LogP contribution in [-0.4, -0.2) is 39.2 Å². The molecule has 3 atom stereocenters. The molecule has 0 bridgehead atoms. The number of rotatable bonds is 5. The van der Waals surface area contributed by atoms with Crippen molar-refractivity contribution in [3.05, 3.63) is 59.2 Å². The number of aryl methyl sites for hydroxylation is 1. The molecule has 29 heavy (non-hydrogen) atoms. The van der Waals surface area contributed by atoms with Gasteiger partial charge in [0.25, 0.3) is 5.91 Å². The van der Waals surface area contributed by atoms with Gasteiger partial charge in [-0.25, -0.2) is 13.8 Å². The standard InChI is InChI=1S/C20H20F2N4O2S/c1-11-2-5-15(24-8-11)17(28)25-12-3-4-14(22)13(6-12)20(9-21)16-7-19(16,10-27)29-18(23)26-20/h2-6,8,16,27H,7,9-10H2,1H3,(H2,23,26)(H,25,28)/t16-,19-,20+/m0/s1. The van der Waals surface area contributed by atoms with E-state index >= 15 is 0 Å². The zero-order valence-corrected chi connectivity index (χ0v) is 16.5. The molecule has 2 aliphatic rings. The number of carbonyl (C=O) groups excluding carboxylic acids is 1. The molecule has 1 amide bonds. The number of fused-ring (bicyclic) bond motifs is 1. The first-order chi connectivity index (χ1) is 13.8. The van der Waals surface area contributed by atoms with E-state index in [9.17, 15) is 18.7 Å². The third-order valence-electron chi connectivity index (χ3n) is 5.52. The number of aliphatic imine (C=N–C) groups is 1. The first-order valence-corrected chi connectivity index (χ1v) is 9.90. The van der Waals surface area contributed by atoms with Crippen LogP contribution in [0.4, 0.5) is 14.5 Å². The molecule has 4 N–H and O–H groups in total. The second kappa shape index (κ2) is 7.07. The largest absolute Gasteiger partial charge is 0.395 e. The number of nitrogens with two attached hydrogens (primary N) is 1. The van der Waals surface area contributed by atoms with Gasteiger partial charge in [-0.15, -0.1) is 0 Å². The lowest BCUT2D eigenvalue weighted by molar-refractivity contribution is 0.102. The second-order valence-corrected chi connectivity index (χ2v) is 8.89. The zero-order valence-electron chi connectivity index (χ0n) is 15.7. The number of anilines is 1. The van der Waals surface area contributed by atoms with Gasteiger partial charge in [0.2, 0.25) is 0 Å². The molecular weight excluding hydrogens is 398 g/mol. The molecule has 152 valence electrons. The lowest BCUT2D eigenvalue weighted by atomic mass is 9.84. The highest BCUT2D eigenvalue weighted by atomic mass is 32.2. The number of thioether (sulfide) groups is 1. The van der Waals surface area contributed by atoms with Crippen molar-refractivity contribution < 1.29 is 18.7 Å². The molecule has 0 saturated heterocycles. The Morgan fingerprint density at radius 3 is 2.86 bits per heavy atom. The number of nitrogens with one attached hydrogen (secondary N) is 1. The van der Waals surface area contributed by atoms with Gasteiger partial charge in [0.05, 0.1) is 11.4 Å². The highest BCUT2D eigenvalue weighted by Gasteiger charge is 2.68. The third kappa shape index (κ3) is 3.28. The van der Waals surface area contributed by atoms with Crippen LogP contribution in [0.25, 0.3) is 0 Å². The SMILES string of the molecule is Cc1ccc(C(=O)Nc2ccc(F)c([C@@]3(CF)N=C(N)S[C@]4(CO)C[C@@H]43)c2)nc1. The van der Waals surface area contributed by atoms with Crippen LogP contribution >= 0.6 is 11.8 Å². The fourth-order valence-corrected chi connectivity index (χ4v) is 5.17. The fourth-order valence-electron chi connectivity index (χ4n) is 3.89. The Hall–Kier alpha value is -2.52. The minimum atomic E-state index is -1.52. The Kier molecular flexibility index (Phi) is 4.82. The Bertz CT molecular complexity index is 1000. The molecule has 1 aromatic heterocycles. The summed E-state index contributed by atoms with van der Waals surface area (Å²) >= 11 is 1.20. The molecule has 0 spiro atoms. The van der Waals surface area contributed by atoms with E-state index in [4.69, 9.17) is 5.73 Å². The van der Waals surface area contributed by atoms with E-state index < -0.39 is 28.7 Å². The maximum absolute atomic E-state index is 14.8. The maximum atomic E-state index is 14.8. The van der Waals surface area contributed by atoms with Gasteiger partial charge >= 0.3 is 0 Å². The van der Waals surface area contributed by atoms with Gasteiger partial charge in [0.1, 0.15) is 23.7 Å². The molecule has 1 fully saturated rings. The first-order valence-electron chi connectivity index (χ1n) is 9.09. The number of hydrogen-bond acceptors (Lipinski definition) is 6. The predicted molar refractivity (Wildman–Crippen MR) is 108 cm³/mol. The van der Waals surface area contributed by atoms with Crippen molar-refractivity contribution in [2.75, 3.05) is 18.6 Å². The zero-order chi connectivity index (χ0) is 20.8. The fraction of sp³-hybridized carbons (Fsp3) is 0.350. The number of alkyl halides is 1. The summed E-state index contributed by atoms with van der Waals surface area (Å²) in [6, 6.07) is 7.29. The highest BCUT2D eigenvalue weighted by Crippen LogP contribution is 2.65. The monoisotopic (exact) mass is 418 g/mol. The van der Waals surface area contributed by atoms with Crippen molar-refractivity contribution >= 4 is 28.5 Å². The Labute approximate surface area is 170 Å². The number of aliphatic hydroxyl groups excluding tert-OH is 1. The number of aromatic nitrogens is 1. The number of benzene rings is 1. The number of amides is 1. The summed E-state index contributed by atoms with van der Waals surface area (Å²) in [4.78, 5) is 20.8. The van der Waals surface area contributed by atoms with Gasteiger partial charge in [-0.05, 0) is 43.2 Å². The number of carbonyl (C=O) groups is 1. The van der Waals surface area contributed by atoms with Crippen molar-refractivity contribution in [1.29, 1.82) is 0 Å². The lowest BCUT2D eigenvalue weighted by Crippen LogP contribution is -2.41. The summed E-state index contributed by atoms with van der Waals surface area (Å²) in [7, 11) is 0. The number of hydrogen-bond donors (Lipinski definition) is 3. The summed E-state index contributed by atoms with van der Waals surface area (Å²) in [6.07, 6.45) is 2.05. The average molecular weight is 418 g/mol. The van der Waals surface area contributed by atoms with Gasteiger partial charge in [-0.1, -0.05) is 17.8 Å². The van der Waals surface area contributed by atoms with Crippen molar-refractivity contribution in [2.24, 2.45) is 16.6 Å². The van der Waals surface area contributed by atoms with E-state index in [-0.39, 0.29) is 28.9 Å². The van der Waals surface area contributed by atoms with E-state index in [1.807, 2.05) is 6.92 Å². The van der Waals surface area contributed by atoms with Gasteiger partial charge in [0.15, 0.2) is 5.17 Å². The summed E-state index contributed by atoms with van der Waals surface area (Å²) in [5.41, 5.74) is 5.80. The van der Waals surface area contributed by atoms with E-state index in [1.165, 1.54) is 30.0 Å². The van der Waals surface area contributed by atoms with Gasteiger partial charge < -0.3 is 16.2 Å². The summed E-state index contributed by atoms with van der Waals surface area (Å²) in [6.45, 7) is 0.697. The molecule has 0 radical (unpaired) electrons. The Morgan fingerprint density at radius 2 is 2.21 bits per heavy atom. The number of halogens is 2. The molecule has 1 aliphatic carbocycles. The van der Waals surface area contributed by atoms with Crippen molar-refractivity contribution in [1.82, 2.24) is 4.98 Å². The molecule has 1 saturated carbocycles. The minimum absolute atomic E-state index is 0.0123. The molecule has 4 rings (SSSR count).